The van der Waals surface area contributed by atoms with Gasteiger partial charge in [-0.1, -0.05) is 37.3 Å². The molecule has 0 aliphatic rings. The molecule has 0 heterocycles. The molecule has 0 radical (unpaired) electrons. The first-order chi connectivity index (χ1) is 17.5. The molecule has 3 aromatic carbocycles. The van der Waals surface area contributed by atoms with E-state index in [-0.39, 0.29) is 12.5 Å². The lowest BCUT2D eigenvalue weighted by atomic mass is 10.1. The van der Waals surface area contributed by atoms with Crippen LogP contribution in [-0.4, -0.2) is 37.1 Å². The highest BCUT2D eigenvalue weighted by Crippen LogP contribution is 2.18. The molecule has 0 atom stereocenters. The monoisotopic (exact) mass is 488 g/mol. The van der Waals surface area contributed by atoms with Crippen molar-refractivity contribution in [3.8, 4) is 11.5 Å². The molecule has 3 N–H and O–H groups in total. The van der Waals surface area contributed by atoms with Crippen molar-refractivity contribution in [3.05, 3.63) is 83.9 Å². The number of carbonyl (C=O) groups is 3. The summed E-state index contributed by atoms with van der Waals surface area (Å²) in [5, 5.41) is 9.18. The van der Waals surface area contributed by atoms with Crippen molar-refractivity contribution in [2.24, 2.45) is 5.10 Å². The highest BCUT2D eigenvalue weighted by atomic mass is 16.5. The zero-order valence-electron chi connectivity index (χ0n) is 20.1. The Morgan fingerprint density at radius 2 is 1.56 bits per heavy atom. The number of para-hydroxylation sites is 2. The van der Waals surface area contributed by atoms with Gasteiger partial charge < -0.3 is 20.1 Å². The summed E-state index contributed by atoms with van der Waals surface area (Å²) >= 11 is 0. The Hall–Kier alpha value is -4.66. The summed E-state index contributed by atoms with van der Waals surface area (Å²) in [5.41, 5.74) is 4.82. The lowest BCUT2D eigenvalue weighted by Gasteiger charge is -2.10. The number of nitrogens with zero attached hydrogens (tertiary/aromatic N) is 1. The van der Waals surface area contributed by atoms with Crippen molar-refractivity contribution in [2.75, 3.05) is 23.8 Å². The molecule has 0 aliphatic heterocycles. The number of amides is 3. The Morgan fingerprint density at radius 3 is 2.31 bits per heavy atom. The molecule has 9 nitrogen and oxygen atoms in total. The molecule has 0 aromatic heterocycles. The number of hydrogen-bond acceptors (Lipinski definition) is 6. The fraction of sp³-hybridized carbons (Fsp3) is 0.185. The van der Waals surface area contributed by atoms with E-state index < -0.39 is 11.8 Å². The normalized spacial score (nSPS) is 10.5. The molecule has 3 aromatic rings. The highest BCUT2D eigenvalue weighted by molar-refractivity contribution is 6.39. The quantitative estimate of drug-likeness (QED) is 0.228. The summed E-state index contributed by atoms with van der Waals surface area (Å²) in [6, 6.07) is 21.1. The maximum Gasteiger partial charge on any atom is 0.329 e. The molecule has 0 spiro atoms. The minimum atomic E-state index is -0.912. The summed E-state index contributed by atoms with van der Waals surface area (Å²) in [6.07, 6.45) is 2.05. The third-order valence-corrected chi connectivity index (χ3v) is 4.95. The fourth-order valence-corrected chi connectivity index (χ4v) is 3.20. The molecule has 0 bridgehead atoms. The van der Waals surface area contributed by atoms with Crippen LogP contribution in [0.4, 0.5) is 11.4 Å². The van der Waals surface area contributed by atoms with Crippen LogP contribution >= 0.6 is 0 Å². The molecule has 186 valence electrons. The summed E-state index contributed by atoms with van der Waals surface area (Å²) in [6.45, 7) is 4.18. The Morgan fingerprint density at radius 1 is 0.833 bits per heavy atom. The molecule has 3 amide bonds. The second-order valence-corrected chi connectivity index (χ2v) is 7.50. The molecule has 9 heteroatoms. The van der Waals surface area contributed by atoms with Crippen LogP contribution in [0.15, 0.2) is 77.9 Å². The summed E-state index contributed by atoms with van der Waals surface area (Å²) in [4.78, 5) is 36.6. The summed E-state index contributed by atoms with van der Waals surface area (Å²) < 4.78 is 11.0. The van der Waals surface area contributed by atoms with E-state index in [0.29, 0.717) is 35.7 Å². The van der Waals surface area contributed by atoms with E-state index >= 15 is 0 Å². The molecule has 0 saturated carbocycles. The highest BCUT2D eigenvalue weighted by Gasteiger charge is 2.14. The van der Waals surface area contributed by atoms with Gasteiger partial charge in [-0.3, -0.25) is 14.4 Å². The van der Waals surface area contributed by atoms with Gasteiger partial charge >= 0.3 is 11.8 Å². The molecule has 0 saturated heterocycles. The third kappa shape index (κ3) is 7.69. The van der Waals surface area contributed by atoms with E-state index in [9.17, 15) is 14.4 Å². The number of hydrogen-bond donors (Lipinski definition) is 3. The van der Waals surface area contributed by atoms with Gasteiger partial charge in [-0.2, -0.15) is 5.10 Å². The molecular weight excluding hydrogens is 460 g/mol. The lowest BCUT2D eigenvalue weighted by molar-refractivity contribution is -0.136. The van der Waals surface area contributed by atoms with Gasteiger partial charge in [-0.15, -0.1) is 0 Å². The predicted octanol–water partition coefficient (Wildman–Crippen LogP) is 3.75. The van der Waals surface area contributed by atoms with Crippen LogP contribution in [0.5, 0.6) is 11.5 Å². The van der Waals surface area contributed by atoms with Gasteiger partial charge in [-0.25, -0.2) is 5.43 Å². The van der Waals surface area contributed by atoms with Gasteiger partial charge in [-0.05, 0) is 61.4 Å². The van der Waals surface area contributed by atoms with Crippen molar-refractivity contribution < 1.29 is 23.9 Å². The molecular formula is C27H28N4O5. The van der Waals surface area contributed by atoms with Crippen LogP contribution < -0.4 is 25.5 Å². The largest absolute Gasteiger partial charge is 0.494 e. The zero-order chi connectivity index (χ0) is 25.8. The van der Waals surface area contributed by atoms with Crippen LogP contribution in [0.2, 0.25) is 0 Å². The predicted molar refractivity (Wildman–Crippen MR) is 138 cm³/mol. The standard InChI is InChI=1S/C27H28N4O5/c1-3-19-9-5-7-11-23(19)30-26(33)27(34)31-28-17-20-10-6-8-12-24(20)36-18-25(32)29-21-13-15-22(16-14-21)35-4-2/h5-17H,3-4,18H2,1-2H3,(H,29,32)(H,30,33)(H,31,34)/b28-17-. The maximum atomic E-state index is 12.3. The van der Waals surface area contributed by atoms with E-state index in [1.807, 2.05) is 26.0 Å². The van der Waals surface area contributed by atoms with Crippen molar-refractivity contribution >= 4 is 35.3 Å². The van der Waals surface area contributed by atoms with E-state index in [4.69, 9.17) is 9.47 Å². The van der Waals surface area contributed by atoms with Gasteiger partial charge in [0.1, 0.15) is 11.5 Å². The average Bonchev–Trinajstić information content (AvgIpc) is 2.89. The number of rotatable bonds is 10. The lowest BCUT2D eigenvalue weighted by Crippen LogP contribution is -2.32. The molecule has 3 rings (SSSR count). The number of anilines is 2. The number of benzene rings is 3. The van der Waals surface area contributed by atoms with Crippen molar-refractivity contribution in [1.82, 2.24) is 5.43 Å². The summed E-state index contributed by atoms with van der Waals surface area (Å²) in [5.74, 6) is -0.981. The van der Waals surface area contributed by atoms with Crippen LogP contribution in [0.1, 0.15) is 25.0 Å². The molecule has 36 heavy (non-hydrogen) atoms. The zero-order valence-corrected chi connectivity index (χ0v) is 20.1. The molecule has 0 fully saturated rings. The number of aryl methyl sites for hydroxylation is 1. The van der Waals surface area contributed by atoms with Gasteiger partial charge in [0, 0.05) is 16.9 Å². The van der Waals surface area contributed by atoms with Crippen LogP contribution in [0.25, 0.3) is 0 Å². The first-order valence-electron chi connectivity index (χ1n) is 11.5. The Balaban J connectivity index is 1.52. The SMILES string of the molecule is CCOc1ccc(NC(=O)COc2ccccc2/C=N\NC(=O)C(=O)Nc2ccccc2CC)cc1. The third-order valence-electron chi connectivity index (χ3n) is 4.95. The second-order valence-electron chi connectivity index (χ2n) is 7.50. The Bertz CT molecular complexity index is 1220. The van der Waals surface area contributed by atoms with Crippen molar-refractivity contribution in [2.45, 2.75) is 20.3 Å². The first kappa shape index (κ1) is 26.0. The molecule has 0 unspecified atom stereocenters. The summed E-state index contributed by atoms with van der Waals surface area (Å²) in [7, 11) is 0. The van der Waals surface area contributed by atoms with Gasteiger partial charge in [0.15, 0.2) is 6.61 Å². The Labute approximate surface area is 209 Å². The topological polar surface area (TPSA) is 118 Å². The van der Waals surface area contributed by atoms with E-state index in [2.05, 4.69) is 21.2 Å². The van der Waals surface area contributed by atoms with Gasteiger partial charge in [0.05, 0.1) is 12.8 Å². The van der Waals surface area contributed by atoms with Crippen molar-refractivity contribution in [1.29, 1.82) is 0 Å². The van der Waals surface area contributed by atoms with E-state index in [0.717, 1.165) is 11.3 Å². The van der Waals surface area contributed by atoms with Gasteiger partial charge in [0.25, 0.3) is 5.91 Å². The number of carbonyl (C=O) groups excluding carboxylic acids is 3. The second kappa shape index (κ2) is 13.3. The van der Waals surface area contributed by atoms with Gasteiger partial charge in [0.2, 0.25) is 0 Å². The average molecular weight is 489 g/mol. The first-order valence-corrected chi connectivity index (χ1v) is 11.5. The minimum absolute atomic E-state index is 0.232. The van der Waals surface area contributed by atoms with Crippen LogP contribution in [0, 0.1) is 0 Å². The number of ether oxygens (including phenoxy) is 2. The molecule has 0 aliphatic carbocycles. The maximum absolute atomic E-state index is 12.3. The van der Waals surface area contributed by atoms with Crippen molar-refractivity contribution in [3.63, 3.8) is 0 Å². The van der Waals surface area contributed by atoms with E-state index in [1.165, 1.54) is 6.21 Å². The Kier molecular flexibility index (Phi) is 9.58. The number of hydrazone groups is 1. The number of nitrogens with one attached hydrogen (secondary N) is 3. The smallest absolute Gasteiger partial charge is 0.329 e. The van der Waals surface area contributed by atoms with E-state index in [1.54, 1.807) is 60.7 Å². The fourth-order valence-electron chi connectivity index (χ4n) is 3.20. The minimum Gasteiger partial charge on any atom is -0.494 e. The van der Waals surface area contributed by atoms with Crippen LogP contribution in [-0.2, 0) is 20.8 Å². The van der Waals surface area contributed by atoms with Crippen LogP contribution in [0.3, 0.4) is 0 Å².